The van der Waals surface area contributed by atoms with Crippen molar-refractivity contribution >= 4 is 23.5 Å². The van der Waals surface area contributed by atoms with Gasteiger partial charge in [-0.15, -0.1) is 0 Å². The first-order chi connectivity index (χ1) is 14.2. The fraction of sp³-hybridized carbons (Fsp3) is 0.190. The molecule has 30 heavy (non-hydrogen) atoms. The number of halogens is 3. The number of hydrogen-bond acceptors (Lipinski definition) is 5. The summed E-state index contributed by atoms with van der Waals surface area (Å²) in [6.45, 7) is 0.411. The lowest BCUT2D eigenvalue weighted by Crippen LogP contribution is -2.20. The second-order valence-corrected chi connectivity index (χ2v) is 7.53. The van der Waals surface area contributed by atoms with E-state index < -0.39 is 17.8 Å². The Balaban J connectivity index is 1.80. The summed E-state index contributed by atoms with van der Waals surface area (Å²) in [7, 11) is 1.69. The highest BCUT2D eigenvalue weighted by Crippen LogP contribution is 2.32. The van der Waals surface area contributed by atoms with Crippen molar-refractivity contribution in [2.45, 2.75) is 23.6 Å². The van der Waals surface area contributed by atoms with E-state index in [1.807, 2.05) is 30.3 Å². The largest absolute Gasteiger partial charge is 0.433 e. The molecule has 1 heterocycles. The van der Waals surface area contributed by atoms with Crippen LogP contribution in [0.2, 0.25) is 0 Å². The minimum atomic E-state index is -4.58. The molecule has 0 radical (unpaired) electrons. The predicted molar refractivity (Wildman–Crippen MR) is 110 cm³/mol. The van der Waals surface area contributed by atoms with Crippen molar-refractivity contribution in [1.29, 1.82) is 0 Å². The fourth-order valence-electron chi connectivity index (χ4n) is 2.67. The van der Waals surface area contributed by atoms with Gasteiger partial charge in [-0.2, -0.15) is 13.2 Å². The number of primary amides is 1. The standard InChI is InChI=1S/C21H19F3N4OS/c1-28(12-14-5-3-2-4-6-14)18-11-17(21(22,23)24)26-20(27-18)30-13-15-7-9-16(10-8-15)19(25)29/h2-11H,12-13H2,1H3,(H2,25,29). The van der Waals surface area contributed by atoms with Crippen LogP contribution in [0, 0.1) is 0 Å². The molecule has 1 amide bonds. The molecule has 0 spiro atoms. The van der Waals surface area contributed by atoms with Crippen molar-refractivity contribution in [3.8, 4) is 0 Å². The summed E-state index contributed by atoms with van der Waals surface area (Å²) < 4.78 is 40.1. The molecule has 0 saturated carbocycles. The topological polar surface area (TPSA) is 72.1 Å². The van der Waals surface area contributed by atoms with E-state index in [1.165, 1.54) is 0 Å². The molecule has 3 rings (SSSR count). The summed E-state index contributed by atoms with van der Waals surface area (Å²) in [5.74, 6) is -0.00314. The number of aromatic nitrogens is 2. The normalized spacial score (nSPS) is 11.3. The summed E-state index contributed by atoms with van der Waals surface area (Å²) in [6.07, 6.45) is -4.58. The maximum Gasteiger partial charge on any atom is 0.433 e. The lowest BCUT2D eigenvalue weighted by molar-refractivity contribution is -0.141. The fourth-order valence-corrected chi connectivity index (χ4v) is 3.48. The first kappa shape index (κ1) is 21.6. The van der Waals surface area contributed by atoms with E-state index in [0.717, 1.165) is 29.0 Å². The molecule has 0 unspecified atom stereocenters. The maximum atomic E-state index is 13.4. The molecule has 0 aliphatic carbocycles. The SMILES string of the molecule is CN(Cc1ccccc1)c1cc(C(F)(F)F)nc(SCc2ccc(C(N)=O)cc2)n1. The molecule has 2 N–H and O–H groups in total. The molecule has 0 atom stereocenters. The number of alkyl halides is 3. The van der Waals surface area contributed by atoms with Crippen LogP contribution in [0.4, 0.5) is 19.0 Å². The van der Waals surface area contributed by atoms with E-state index in [9.17, 15) is 18.0 Å². The van der Waals surface area contributed by atoms with Gasteiger partial charge in [-0.25, -0.2) is 9.97 Å². The molecule has 0 fully saturated rings. The number of rotatable bonds is 7. The number of nitrogens with two attached hydrogens (primary N) is 1. The quantitative estimate of drug-likeness (QED) is 0.439. The number of anilines is 1. The summed E-state index contributed by atoms with van der Waals surface area (Å²) in [4.78, 5) is 20.8. The molecule has 1 aromatic heterocycles. The molecular formula is C21H19F3N4OS. The Kier molecular flexibility index (Phi) is 6.61. The predicted octanol–water partition coefficient (Wildman–Crippen LogP) is 4.52. The van der Waals surface area contributed by atoms with Gasteiger partial charge in [0, 0.05) is 31.0 Å². The average molecular weight is 432 g/mol. The van der Waals surface area contributed by atoms with Crippen molar-refractivity contribution in [2.75, 3.05) is 11.9 Å². The van der Waals surface area contributed by atoms with Crippen molar-refractivity contribution in [2.24, 2.45) is 5.73 Å². The molecule has 0 saturated heterocycles. The molecule has 0 aliphatic rings. The van der Waals surface area contributed by atoms with E-state index in [1.54, 1.807) is 36.2 Å². The Morgan fingerprint density at radius 1 is 1.03 bits per heavy atom. The van der Waals surface area contributed by atoms with Gasteiger partial charge < -0.3 is 10.6 Å². The van der Waals surface area contributed by atoms with Crippen LogP contribution in [0.5, 0.6) is 0 Å². The van der Waals surface area contributed by atoms with Crippen LogP contribution in [0.25, 0.3) is 0 Å². The monoisotopic (exact) mass is 432 g/mol. The molecular weight excluding hydrogens is 413 g/mol. The Morgan fingerprint density at radius 2 is 1.70 bits per heavy atom. The van der Waals surface area contributed by atoms with Gasteiger partial charge in [-0.3, -0.25) is 4.79 Å². The van der Waals surface area contributed by atoms with E-state index in [2.05, 4.69) is 9.97 Å². The van der Waals surface area contributed by atoms with Crippen LogP contribution >= 0.6 is 11.8 Å². The number of nitrogens with zero attached hydrogens (tertiary/aromatic N) is 3. The molecule has 156 valence electrons. The van der Waals surface area contributed by atoms with E-state index in [-0.39, 0.29) is 11.0 Å². The van der Waals surface area contributed by atoms with Gasteiger partial charge in [0.1, 0.15) is 5.82 Å². The molecule has 0 aliphatic heterocycles. The second-order valence-electron chi connectivity index (χ2n) is 6.58. The first-order valence-corrected chi connectivity index (χ1v) is 9.94. The number of amides is 1. The van der Waals surface area contributed by atoms with Gasteiger partial charge in [0.2, 0.25) is 5.91 Å². The number of thioether (sulfide) groups is 1. The minimum Gasteiger partial charge on any atom is -0.366 e. The first-order valence-electron chi connectivity index (χ1n) is 8.95. The highest BCUT2D eigenvalue weighted by molar-refractivity contribution is 7.98. The summed E-state index contributed by atoms with van der Waals surface area (Å²) in [5.41, 5.74) is 6.35. The van der Waals surface area contributed by atoms with E-state index >= 15 is 0 Å². The second kappa shape index (κ2) is 9.17. The third-order valence-electron chi connectivity index (χ3n) is 4.24. The third kappa shape index (κ3) is 5.73. The third-order valence-corrected chi connectivity index (χ3v) is 5.16. The Labute approximate surface area is 176 Å². The smallest absolute Gasteiger partial charge is 0.366 e. The summed E-state index contributed by atoms with van der Waals surface area (Å²) in [5, 5.41) is 0.0266. The van der Waals surface area contributed by atoms with E-state index in [0.29, 0.717) is 17.9 Å². The average Bonchev–Trinajstić information content (AvgIpc) is 2.72. The lowest BCUT2D eigenvalue weighted by Gasteiger charge is -2.20. The van der Waals surface area contributed by atoms with Crippen LogP contribution in [-0.2, 0) is 18.5 Å². The van der Waals surface area contributed by atoms with Crippen LogP contribution < -0.4 is 10.6 Å². The maximum absolute atomic E-state index is 13.4. The zero-order valence-electron chi connectivity index (χ0n) is 16.1. The van der Waals surface area contributed by atoms with Crippen LogP contribution in [0.3, 0.4) is 0 Å². The van der Waals surface area contributed by atoms with Crippen molar-refractivity contribution in [3.63, 3.8) is 0 Å². The van der Waals surface area contributed by atoms with Crippen LogP contribution in [0.15, 0.2) is 65.8 Å². The number of carbonyl (C=O) groups is 1. The lowest BCUT2D eigenvalue weighted by atomic mass is 10.1. The molecule has 9 heteroatoms. The van der Waals surface area contributed by atoms with Crippen LogP contribution in [0.1, 0.15) is 27.2 Å². The summed E-state index contributed by atoms with van der Waals surface area (Å²) >= 11 is 1.09. The molecule has 3 aromatic rings. The van der Waals surface area contributed by atoms with Gasteiger partial charge in [-0.05, 0) is 23.3 Å². The zero-order chi connectivity index (χ0) is 21.7. The Hall–Kier alpha value is -3.07. The number of benzene rings is 2. The number of hydrogen-bond donors (Lipinski definition) is 1. The molecule has 0 bridgehead atoms. The van der Waals surface area contributed by atoms with Gasteiger partial charge in [-0.1, -0.05) is 54.2 Å². The minimum absolute atomic E-state index is 0.0266. The van der Waals surface area contributed by atoms with Gasteiger partial charge in [0.15, 0.2) is 10.9 Å². The Morgan fingerprint density at radius 3 is 2.30 bits per heavy atom. The van der Waals surface area contributed by atoms with Gasteiger partial charge in [0.05, 0.1) is 0 Å². The van der Waals surface area contributed by atoms with Crippen LogP contribution in [-0.4, -0.2) is 22.9 Å². The highest BCUT2D eigenvalue weighted by Gasteiger charge is 2.34. The number of carbonyl (C=O) groups excluding carboxylic acids is 1. The van der Waals surface area contributed by atoms with Gasteiger partial charge in [0.25, 0.3) is 0 Å². The van der Waals surface area contributed by atoms with Crippen molar-refractivity contribution in [1.82, 2.24) is 9.97 Å². The zero-order valence-corrected chi connectivity index (χ0v) is 16.9. The molecule has 2 aromatic carbocycles. The highest BCUT2D eigenvalue weighted by atomic mass is 32.2. The Bertz CT molecular complexity index is 1010. The summed E-state index contributed by atoms with van der Waals surface area (Å²) in [6, 6.07) is 16.9. The van der Waals surface area contributed by atoms with E-state index in [4.69, 9.17) is 5.73 Å². The molecule has 5 nitrogen and oxygen atoms in total. The van der Waals surface area contributed by atoms with Crippen molar-refractivity contribution < 1.29 is 18.0 Å². The van der Waals surface area contributed by atoms with Crippen molar-refractivity contribution in [3.05, 3.63) is 83.0 Å². The van der Waals surface area contributed by atoms with Gasteiger partial charge >= 0.3 is 6.18 Å².